The minimum Gasteiger partial charge on any atom is -0.481 e. The Morgan fingerprint density at radius 2 is 2.05 bits per heavy atom. The van der Waals surface area contributed by atoms with Crippen LogP contribution in [0.15, 0.2) is 0 Å². The largest absolute Gasteiger partial charge is 0.481 e. The van der Waals surface area contributed by atoms with Crippen LogP contribution in [0.1, 0.15) is 52.4 Å². The third kappa shape index (κ3) is 4.48. The lowest BCUT2D eigenvalue weighted by atomic mass is 9.92. The van der Waals surface area contributed by atoms with Crippen LogP contribution in [0.25, 0.3) is 0 Å². The van der Waals surface area contributed by atoms with Gasteiger partial charge in [0.05, 0.1) is 0 Å². The zero-order valence-corrected chi connectivity index (χ0v) is 12.5. The second-order valence-electron chi connectivity index (χ2n) is 7.05. The molecular formula is C16H29NO2. The SMILES string of the molecule is CC(C)C1CCC(CN2CCCC(CC(=O)O)C2)C1. The number of carboxylic acids is 1. The number of likely N-dealkylation sites (tertiary alicyclic amines) is 1. The molecule has 1 N–H and O–H groups in total. The highest BCUT2D eigenvalue weighted by Crippen LogP contribution is 2.36. The average molecular weight is 267 g/mol. The molecule has 3 unspecified atom stereocenters. The van der Waals surface area contributed by atoms with E-state index in [0.717, 1.165) is 30.7 Å². The van der Waals surface area contributed by atoms with Gasteiger partial charge in [-0.15, -0.1) is 0 Å². The second kappa shape index (κ2) is 6.74. The van der Waals surface area contributed by atoms with E-state index in [4.69, 9.17) is 5.11 Å². The van der Waals surface area contributed by atoms with Gasteiger partial charge < -0.3 is 10.0 Å². The predicted octanol–water partition coefficient (Wildman–Crippen LogP) is 3.25. The summed E-state index contributed by atoms with van der Waals surface area (Å²) in [6, 6.07) is 0. The molecule has 19 heavy (non-hydrogen) atoms. The van der Waals surface area contributed by atoms with Gasteiger partial charge >= 0.3 is 5.97 Å². The Morgan fingerprint density at radius 1 is 1.26 bits per heavy atom. The Labute approximate surface area is 117 Å². The number of hydrogen-bond acceptors (Lipinski definition) is 2. The minimum atomic E-state index is -0.632. The number of carbonyl (C=O) groups is 1. The molecule has 0 aromatic carbocycles. The Bertz CT molecular complexity index is 303. The highest BCUT2D eigenvalue weighted by atomic mass is 16.4. The summed E-state index contributed by atoms with van der Waals surface area (Å²) in [6.07, 6.45) is 6.80. The molecule has 2 fully saturated rings. The van der Waals surface area contributed by atoms with Gasteiger partial charge in [-0.05, 0) is 62.3 Å². The molecule has 0 bridgehead atoms. The van der Waals surface area contributed by atoms with Gasteiger partial charge in [0.1, 0.15) is 0 Å². The third-order valence-corrected chi connectivity index (χ3v) is 5.11. The van der Waals surface area contributed by atoms with Crippen LogP contribution in [0, 0.1) is 23.7 Å². The standard InChI is InChI=1S/C16H29NO2/c1-12(2)15-6-5-14(8-15)11-17-7-3-4-13(10-17)9-16(18)19/h12-15H,3-11H2,1-2H3,(H,18,19). The fourth-order valence-electron chi connectivity index (χ4n) is 3.98. The van der Waals surface area contributed by atoms with Gasteiger partial charge in [-0.1, -0.05) is 13.8 Å². The minimum absolute atomic E-state index is 0.357. The van der Waals surface area contributed by atoms with Crippen LogP contribution in [-0.4, -0.2) is 35.6 Å². The normalized spacial score (nSPS) is 32.9. The van der Waals surface area contributed by atoms with Crippen LogP contribution in [0.2, 0.25) is 0 Å². The molecule has 0 spiro atoms. The Kier molecular flexibility index (Phi) is 5.26. The van der Waals surface area contributed by atoms with E-state index in [-0.39, 0.29) is 0 Å². The molecular weight excluding hydrogens is 238 g/mol. The topological polar surface area (TPSA) is 40.5 Å². The Hall–Kier alpha value is -0.570. The number of rotatable bonds is 5. The maximum absolute atomic E-state index is 10.8. The van der Waals surface area contributed by atoms with Crippen LogP contribution in [0.5, 0.6) is 0 Å². The lowest BCUT2D eigenvalue weighted by Gasteiger charge is -2.33. The number of nitrogens with zero attached hydrogens (tertiary/aromatic N) is 1. The molecule has 2 rings (SSSR count). The summed E-state index contributed by atoms with van der Waals surface area (Å²) in [6.45, 7) is 8.08. The van der Waals surface area contributed by atoms with Gasteiger partial charge in [0.25, 0.3) is 0 Å². The lowest BCUT2D eigenvalue weighted by molar-refractivity contribution is -0.138. The van der Waals surface area contributed by atoms with Gasteiger partial charge in [-0.2, -0.15) is 0 Å². The molecule has 110 valence electrons. The summed E-state index contributed by atoms with van der Waals surface area (Å²) in [7, 11) is 0. The molecule has 1 saturated carbocycles. The van der Waals surface area contributed by atoms with Gasteiger partial charge in [0, 0.05) is 19.5 Å². The summed E-state index contributed by atoms with van der Waals surface area (Å²) in [5.74, 6) is 2.35. The quantitative estimate of drug-likeness (QED) is 0.831. The van der Waals surface area contributed by atoms with E-state index in [1.165, 1.54) is 38.8 Å². The van der Waals surface area contributed by atoms with E-state index in [9.17, 15) is 4.79 Å². The summed E-state index contributed by atoms with van der Waals surface area (Å²) in [4.78, 5) is 13.4. The van der Waals surface area contributed by atoms with E-state index in [1.54, 1.807) is 0 Å². The first-order chi connectivity index (χ1) is 9.04. The molecule has 3 nitrogen and oxygen atoms in total. The maximum atomic E-state index is 10.8. The molecule has 1 saturated heterocycles. The number of hydrogen-bond donors (Lipinski definition) is 1. The molecule has 0 aromatic rings. The van der Waals surface area contributed by atoms with E-state index in [1.807, 2.05) is 0 Å². The van der Waals surface area contributed by atoms with E-state index in [2.05, 4.69) is 18.7 Å². The third-order valence-electron chi connectivity index (χ3n) is 5.11. The van der Waals surface area contributed by atoms with Crippen molar-refractivity contribution in [3.8, 4) is 0 Å². The Morgan fingerprint density at radius 3 is 2.68 bits per heavy atom. The fraction of sp³-hybridized carbons (Fsp3) is 0.938. The first-order valence-electron chi connectivity index (χ1n) is 7.98. The Balaban J connectivity index is 1.75. The highest BCUT2D eigenvalue weighted by Gasteiger charge is 2.30. The van der Waals surface area contributed by atoms with Crippen LogP contribution >= 0.6 is 0 Å². The van der Waals surface area contributed by atoms with Crippen molar-refractivity contribution in [2.45, 2.75) is 52.4 Å². The van der Waals surface area contributed by atoms with E-state index >= 15 is 0 Å². The van der Waals surface area contributed by atoms with Crippen molar-refractivity contribution >= 4 is 5.97 Å². The number of carboxylic acid groups (broad SMARTS) is 1. The summed E-state index contributed by atoms with van der Waals surface area (Å²) in [5, 5.41) is 8.91. The molecule has 0 radical (unpaired) electrons. The van der Waals surface area contributed by atoms with Gasteiger partial charge in [0.15, 0.2) is 0 Å². The van der Waals surface area contributed by atoms with Crippen molar-refractivity contribution in [1.29, 1.82) is 0 Å². The van der Waals surface area contributed by atoms with Crippen molar-refractivity contribution in [1.82, 2.24) is 4.90 Å². The molecule has 1 aliphatic carbocycles. The molecule has 1 heterocycles. The summed E-state index contributed by atoms with van der Waals surface area (Å²) < 4.78 is 0. The fourth-order valence-corrected chi connectivity index (χ4v) is 3.98. The summed E-state index contributed by atoms with van der Waals surface area (Å²) in [5.41, 5.74) is 0. The van der Waals surface area contributed by atoms with Gasteiger partial charge in [-0.3, -0.25) is 4.79 Å². The van der Waals surface area contributed by atoms with Crippen molar-refractivity contribution in [2.75, 3.05) is 19.6 Å². The lowest BCUT2D eigenvalue weighted by Crippen LogP contribution is -2.38. The monoisotopic (exact) mass is 267 g/mol. The van der Waals surface area contributed by atoms with Crippen LogP contribution in [0.4, 0.5) is 0 Å². The molecule has 2 aliphatic rings. The van der Waals surface area contributed by atoms with Crippen LogP contribution < -0.4 is 0 Å². The zero-order chi connectivity index (χ0) is 13.8. The number of aliphatic carboxylic acids is 1. The molecule has 3 heteroatoms. The maximum Gasteiger partial charge on any atom is 0.303 e. The first-order valence-corrected chi connectivity index (χ1v) is 7.98. The van der Waals surface area contributed by atoms with Gasteiger partial charge in [-0.25, -0.2) is 0 Å². The van der Waals surface area contributed by atoms with Crippen molar-refractivity contribution < 1.29 is 9.90 Å². The second-order valence-corrected chi connectivity index (χ2v) is 7.05. The summed E-state index contributed by atoms with van der Waals surface area (Å²) >= 11 is 0. The van der Waals surface area contributed by atoms with Crippen LogP contribution in [0.3, 0.4) is 0 Å². The van der Waals surface area contributed by atoms with Crippen molar-refractivity contribution in [2.24, 2.45) is 23.7 Å². The number of piperidine rings is 1. The highest BCUT2D eigenvalue weighted by molar-refractivity contribution is 5.67. The molecule has 0 aromatic heterocycles. The van der Waals surface area contributed by atoms with Crippen molar-refractivity contribution in [3.05, 3.63) is 0 Å². The predicted molar refractivity (Wildman–Crippen MR) is 77.1 cm³/mol. The molecule has 1 aliphatic heterocycles. The van der Waals surface area contributed by atoms with Crippen LogP contribution in [-0.2, 0) is 4.79 Å². The molecule has 0 amide bonds. The van der Waals surface area contributed by atoms with E-state index < -0.39 is 5.97 Å². The van der Waals surface area contributed by atoms with Gasteiger partial charge in [0.2, 0.25) is 0 Å². The average Bonchev–Trinajstić information content (AvgIpc) is 2.77. The molecule has 3 atom stereocenters. The zero-order valence-electron chi connectivity index (χ0n) is 12.5. The first kappa shape index (κ1) is 14.8. The van der Waals surface area contributed by atoms with Crippen molar-refractivity contribution in [3.63, 3.8) is 0 Å². The van der Waals surface area contributed by atoms with E-state index in [0.29, 0.717) is 12.3 Å². The smallest absolute Gasteiger partial charge is 0.303 e.